The highest BCUT2D eigenvalue weighted by molar-refractivity contribution is 5.75. The molecule has 0 amide bonds. The molecule has 0 fully saturated rings. The highest BCUT2D eigenvalue weighted by atomic mass is 19.3. The third kappa shape index (κ3) is 1.84. The van der Waals surface area contributed by atoms with E-state index in [9.17, 15) is 18.0 Å². The van der Waals surface area contributed by atoms with E-state index in [1.165, 1.54) is 0 Å². The monoisotopic (exact) mass is 174 g/mol. The molecule has 0 heterocycles. The first-order valence-corrected chi connectivity index (χ1v) is 3.17. The first-order valence-electron chi connectivity index (χ1n) is 3.17. The lowest BCUT2D eigenvalue weighted by molar-refractivity contribution is 0.112. The number of halogens is 3. The van der Waals surface area contributed by atoms with Gasteiger partial charge in [-0.25, -0.2) is 13.2 Å². The summed E-state index contributed by atoms with van der Waals surface area (Å²) in [7, 11) is 0. The van der Waals surface area contributed by atoms with Gasteiger partial charge in [-0.15, -0.1) is 0 Å². The van der Waals surface area contributed by atoms with E-state index >= 15 is 0 Å². The molecule has 1 rings (SSSR count). The summed E-state index contributed by atoms with van der Waals surface area (Å²) in [5.74, 6) is -0.824. The van der Waals surface area contributed by atoms with Crippen molar-refractivity contribution in [2.75, 3.05) is 0 Å². The first kappa shape index (κ1) is 8.77. The van der Waals surface area contributed by atoms with Gasteiger partial charge in [0.25, 0.3) is 6.43 Å². The smallest absolute Gasteiger partial charge is 0.263 e. The zero-order valence-electron chi connectivity index (χ0n) is 5.93. The quantitative estimate of drug-likeness (QED) is 0.629. The van der Waals surface area contributed by atoms with Gasteiger partial charge in [-0.3, -0.25) is 4.79 Å². The van der Waals surface area contributed by atoms with Crippen LogP contribution in [0.4, 0.5) is 13.2 Å². The standard InChI is InChI=1S/C8H5F3O/c9-7-2-5(4-12)1-6(3-7)8(10)11/h1-4,8H. The van der Waals surface area contributed by atoms with Crippen molar-refractivity contribution < 1.29 is 18.0 Å². The minimum absolute atomic E-state index is 0.0784. The van der Waals surface area contributed by atoms with Gasteiger partial charge in [0.1, 0.15) is 12.1 Å². The van der Waals surface area contributed by atoms with Gasteiger partial charge in [-0.2, -0.15) is 0 Å². The van der Waals surface area contributed by atoms with Crippen LogP contribution in [0.5, 0.6) is 0 Å². The zero-order valence-corrected chi connectivity index (χ0v) is 5.93. The maximum atomic E-state index is 12.5. The fourth-order valence-corrected chi connectivity index (χ4v) is 0.830. The average Bonchev–Trinajstić information content (AvgIpc) is 2.03. The Bertz CT molecular complexity index is 296. The van der Waals surface area contributed by atoms with E-state index in [1.807, 2.05) is 0 Å². The SMILES string of the molecule is O=Cc1cc(F)cc(C(F)F)c1. The molecule has 0 aliphatic heterocycles. The van der Waals surface area contributed by atoms with E-state index in [0.29, 0.717) is 12.4 Å². The van der Waals surface area contributed by atoms with E-state index in [2.05, 4.69) is 0 Å². The molecule has 4 heteroatoms. The summed E-state index contributed by atoms with van der Waals surface area (Å²) < 4.78 is 36.4. The van der Waals surface area contributed by atoms with E-state index < -0.39 is 17.8 Å². The van der Waals surface area contributed by atoms with Crippen molar-refractivity contribution in [1.82, 2.24) is 0 Å². The summed E-state index contributed by atoms with van der Waals surface area (Å²) in [6.07, 6.45) is -2.42. The molecular formula is C8H5F3O. The lowest BCUT2D eigenvalue weighted by Gasteiger charge is -1.99. The number of hydrogen-bond acceptors (Lipinski definition) is 1. The summed E-state index contributed by atoms with van der Waals surface area (Å²) in [6, 6.07) is 2.57. The van der Waals surface area contributed by atoms with Crippen molar-refractivity contribution >= 4 is 6.29 Å². The molecule has 0 bridgehead atoms. The molecule has 0 saturated heterocycles. The van der Waals surface area contributed by atoms with Crippen LogP contribution < -0.4 is 0 Å². The zero-order chi connectivity index (χ0) is 9.14. The van der Waals surface area contributed by atoms with Gasteiger partial charge in [0, 0.05) is 11.1 Å². The third-order valence-corrected chi connectivity index (χ3v) is 1.33. The van der Waals surface area contributed by atoms with Crippen molar-refractivity contribution in [2.45, 2.75) is 6.43 Å². The number of rotatable bonds is 2. The molecule has 0 aromatic heterocycles. The molecular weight excluding hydrogens is 169 g/mol. The van der Waals surface area contributed by atoms with Crippen molar-refractivity contribution in [3.8, 4) is 0 Å². The van der Waals surface area contributed by atoms with Gasteiger partial charge >= 0.3 is 0 Å². The summed E-state index contributed by atoms with van der Waals surface area (Å²) in [5.41, 5.74) is -0.553. The largest absolute Gasteiger partial charge is 0.298 e. The predicted molar refractivity (Wildman–Crippen MR) is 36.7 cm³/mol. The van der Waals surface area contributed by atoms with E-state index in [4.69, 9.17) is 0 Å². The van der Waals surface area contributed by atoms with Gasteiger partial charge in [0.2, 0.25) is 0 Å². The topological polar surface area (TPSA) is 17.1 Å². The Morgan fingerprint density at radius 3 is 2.42 bits per heavy atom. The third-order valence-electron chi connectivity index (χ3n) is 1.33. The summed E-state index contributed by atoms with van der Waals surface area (Å²) in [5, 5.41) is 0. The second-order valence-electron chi connectivity index (χ2n) is 2.24. The van der Waals surface area contributed by atoms with Gasteiger partial charge < -0.3 is 0 Å². The molecule has 0 radical (unpaired) electrons. The number of hydrogen-bond donors (Lipinski definition) is 0. The van der Waals surface area contributed by atoms with Crippen LogP contribution in [0.15, 0.2) is 18.2 Å². The van der Waals surface area contributed by atoms with E-state index in [1.54, 1.807) is 0 Å². The fourth-order valence-electron chi connectivity index (χ4n) is 0.830. The number of aldehydes is 1. The minimum atomic E-state index is -2.75. The highest BCUT2D eigenvalue weighted by Gasteiger charge is 2.09. The van der Waals surface area contributed by atoms with Crippen LogP contribution in [-0.2, 0) is 0 Å². The second-order valence-corrected chi connectivity index (χ2v) is 2.24. The molecule has 0 aliphatic carbocycles. The molecule has 0 unspecified atom stereocenters. The molecule has 64 valence electrons. The van der Waals surface area contributed by atoms with Crippen LogP contribution in [0.25, 0.3) is 0 Å². The number of carbonyl (C=O) groups excluding carboxylic acids is 1. The van der Waals surface area contributed by atoms with E-state index in [0.717, 1.165) is 12.1 Å². The Morgan fingerprint density at radius 2 is 1.92 bits per heavy atom. The van der Waals surface area contributed by atoms with Gasteiger partial charge in [0.15, 0.2) is 0 Å². The Morgan fingerprint density at radius 1 is 1.25 bits per heavy atom. The molecule has 1 aromatic carbocycles. The van der Waals surface area contributed by atoms with Crippen LogP contribution in [0.2, 0.25) is 0 Å². The Hall–Kier alpha value is -1.32. The Kier molecular flexibility index (Phi) is 2.47. The van der Waals surface area contributed by atoms with Crippen molar-refractivity contribution in [2.24, 2.45) is 0 Å². The van der Waals surface area contributed by atoms with Crippen LogP contribution in [0, 0.1) is 5.82 Å². The van der Waals surface area contributed by atoms with E-state index in [-0.39, 0.29) is 5.56 Å². The molecule has 12 heavy (non-hydrogen) atoms. The van der Waals surface area contributed by atoms with Gasteiger partial charge in [0.05, 0.1) is 0 Å². The van der Waals surface area contributed by atoms with Crippen molar-refractivity contribution in [3.05, 3.63) is 35.1 Å². The first-order chi connectivity index (χ1) is 5.63. The molecule has 0 aliphatic rings. The number of benzene rings is 1. The van der Waals surface area contributed by atoms with Gasteiger partial charge in [-0.1, -0.05) is 0 Å². The molecule has 0 atom stereocenters. The summed E-state index contributed by atoms with van der Waals surface area (Å²) in [4.78, 5) is 10.1. The van der Waals surface area contributed by atoms with Crippen molar-refractivity contribution in [1.29, 1.82) is 0 Å². The van der Waals surface area contributed by atoms with Crippen LogP contribution in [0.1, 0.15) is 22.3 Å². The normalized spacial score (nSPS) is 10.3. The van der Waals surface area contributed by atoms with Crippen LogP contribution in [-0.4, -0.2) is 6.29 Å². The molecule has 0 N–H and O–H groups in total. The van der Waals surface area contributed by atoms with Crippen LogP contribution in [0.3, 0.4) is 0 Å². The lowest BCUT2D eigenvalue weighted by atomic mass is 10.1. The Balaban J connectivity index is 3.14. The minimum Gasteiger partial charge on any atom is -0.298 e. The number of carbonyl (C=O) groups is 1. The highest BCUT2D eigenvalue weighted by Crippen LogP contribution is 2.20. The predicted octanol–water partition coefficient (Wildman–Crippen LogP) is 2.58. The second kappa shape index (κ2) is 3.38. The van der Waals surface area contributed by atoms with Crippen molar-refractivity contribution in [3.63, 3.8) is 0 Å². The summed E-state index contributed by atoms with van der Waals surface area (Å²) >= 11 is 0. The fraction of sp³-hybridized carbons (Fsp3) is 0.125. The summed E-state index contributed by atoms with van der Waals surface area (Å²) in [6.45, 7) is 0. The molecule has 0 saturated carbocycles. The Labute approximate surface area is 66.8 Å². The lowest BCUT2D eigenvalue weighted by Crippen LogP contribution is -1.90. The van der Waals surface area contributed by atoms with Crippen LogP contribution >= 0.6 is 0 Å². The maximum absolute atomic E-state index is 12.5. The maximum Gasteiger partial charge on any atom is 0.263 e. The molecule has 0 spiro atoms. The molecule has 1 aromatic rings. The van der Waals surface area contributed by atoms with Gasteiger partial charge in [-0.05, 0) is 18.2 Å². The molecule has 1 nitrogen and oxygen atoms in total. The number of alkyl halides is 2. The average molecular weight is 174 g/mol.